The zero-order valence-corrected chi connectivity index (χ0v) is 29.7. The van der Waals surface area contributed by atoms with Gasteiger partial charge < -0.3 is 29.5 Å². The third-order valence-corrected chi connectivity index (χ3v) is 11.0. The number of carboxylic acid groups (broad SMARTS) is 1. The van der Waals surface area contributed by atoms with Crippen LogP contribution in [0.1, 0.15) is 103 Å². The van der Waals surface area contributed by atoms with Crippen LogP contribution in [0.15, 0.2) is 46.6 Å². The molecule has 3 saturated carbocycles. The molecule has 5 aliphatic rings. The number of fused-ring (bicyclic) bond motifs is 1. The largest absolute Gasteiger partial charge is 0.507 e. The molecule has 260 valence electrons. The summed E-state index contributed by atoms with van der Waals surface area (Å²) in [5.74, 6) is -4.50. The lowest BCUT2D eigenvalue weighted by Crippen LogP contribution is -2.80. The second kappa shape index (κ2) is 12.6. The lowest BCUT2D eigenvalue weighted by atomic mass is 9.45. The Labute approximate surface area is 283 Å². The van der Waals surface area contributed by atoms with Gasteiger partial charge in [0.15, 0.2) is 22.8 Å². The molecular formula is C39H50O9. The Morgan fingerprint density at radius 1 is 0.938 bits per heavy atom. The monoisotopic (exact) mass is 662 g/mol. The second-order valence-electron chi connectivity index (χ2n) is 15.0. The van der Waals surface area contributed by atoms with Crippen molar-refractivity contribution < 1.29 is 43.9 Å². The van der Waals surface area contributed by atoms with E-state index >= 15 is 4.79 Å². The molecule has 3 aliphatic carbocycles. The standard InChI is InChI=1S/C39H50O9/c1-20(2)11-10-12-22(5)14-16-24-30(40)25(15-13-21(3)4)33-28(31(24)41)32(42)29-34(46-9)26-19-27-37(7,8)48-38(35(26)43,39(27,29)47-33)18-17-23(6)36(44)45/h11,13-14,17,26-27,29,34,40-41H,10,12,15-16,18-19H2,1-9H3,(H,44,45)/t26-,27-,29+,34-,38-,39-/m0/s1. The number of aromatic hydroxyl groups is 2. The zero-order valence-electron chi connectivity index (χ0n) is 29.7. The number of ketones is 2. The fraction of sp³-hybridized carbons (Fsp3) is 0.564. The average molecular weight is 663 g/mol. The van der Waals surface area contributed by atoms with E-state index in [0.29, 0.717) is 12.0 Å². The number of methoxy groups -OCH3 is 1. The molecule has 4 fully saturated rings. The maximum Gasteiger partial charge on any atom is 0.330 e. The third-order valence-electron chi connectivity index (χ3n) is 11.0. The average Bonchev–Trinajstić information content (AvgIpc) is 3.14. The Morgan fingerprint density at radius 2 is 1.58 bits per heavy atom. The van der Waals surface area contributed by atoms with Gasteiger partial charge in [0.25, 0.3) is 0 Å². The van der Waals surface area contributed by atoms with Crippen molar-refractivity contribution in [3.8, 4) is 17.2 Å². The van der Waals surface area contributed by atoms with Gasteiger partial charge in [0.2, 0.25) is 0 Å². The first-order chi connectivity index (χ1) is 22.4. The molecule has 9 heteroatoms. The van der Waals surface area contributed by atoms with Gasteiger partial charge in [0, 0.05) is 42.1 Å². The van der Waals surface area contributed by atoms with Crippen LogP contribution in [-0.4, -0.2) is 62.9 Å². The number of Topliss-reactive ketones (excluding diaryl/α,β-unsaturated/α-hetero) is 2. The second-order valence-corrected chi connectivity index (χ2v) is 15.0. The van der Waals surface area contributed by atoms with Crippen LogP contribution in [-0.2, 0) is 31.9 Å². The van der Waals surface area contributed by atoms with Gasteiger partial charge >= 0.3 is 5.97 Å². The fourth-order valence-corrected chi connectivity index (χ4v) is 8.67. The molecule has 2 aliphatic heterocycles. The van der Waals surface area contributed by atoms with Crippen molar-refractivity contribution in [1.29, 1.82) is 0 Å². The van der Waals surface area contributed by atoms with E-state index in [0.717, 1.165) is 24.0 Å². The molecule has 3 N–H and O–H groups in total. The number of phenols is 2. The van der Waals surface area contributed by atoms with Crippen molar-refractivity contribution in [2.24, 2.45) is 17.8 Å². The lowest BCUT2D eigenvalue weighted by Gasteiger charge is -2.62. The Bertz CT molecular complexity index is 1670. The van der Waals surface area contributed by atoms with E-state index in [9.17, 15) is 24.9 Å². The molecular weight excluding hydrogens is 612 g/mol. The van der Waals surface area contributed by atoms with E-state index in [1.54, 1.807) is 0 Å². The highest BCUT2D eigenvalue weighted by atomic mass is 16.6. The molecule has 0 radical (unpaired) electrons. The number of ether oxygens (including phenoxy) is 3. The van der Waals surface area contributed by atoms with Gasteiger partial charge in [-0.2, -0.15) is 0 Å². The summed E-state index contributed by atoms with van der Waals surface area (Å²) in [6, 6.07) is 0. The molecule has 48 heavy (non-hydrogen) atoms. The van der Waals surface area contributed by atoms with Gasteiger partial charge in [0.1, 0.15) is 22.8 Å². The first kappa shape index (κ1) is 35.6. The number of carbonyl (C=O) groups excluding carboxylic acids is 2. The van der Waals surface area contributed by atoms with E-state index in [2.05, 4.69) is 19.9 Å². The number of allylic oxidation sites excluding steroid dienone is 6. The smallest absolute Gasteiger partial charge is 0.330 e. The fourth-order valence-electron chi connectivity index (χ4n) is 8.67. The lowest BCUT2D eigenvalue weighted by molar-refractivity contribution is -0.224. The summed E-state index contributed by atoms with van der Waals surface area (Å²) in [5, 5.41) is 33.3. The van der Waals surface area contributed by atoms with Crippen LogP contribution in [0.5, 0.6) is 17.2 Å². The molecule has 0 amide bonds. The van der Waals surface area contributed by atoms with Crippen molar-refractivity contribution >= 4 is 17.5 Å². The van der Waals surface area contributed by atoms with Gasteiger partial charge in [-0.15, -0.1) is 0 Å². The minimum atomic E-state index is -1.70. The quantitative estimate of drug-likeness (QED) is 0.169. The van der Waals surface area contributed by atoms with Gasteiger partial charge in [-0.3, -0.25) is 9.59 Å². The number of carboxylic acids is 1. The number of carbonyl (C=O) groups is 3. The van der Waals surface area contributed by atoms with Crippen LogP contribution in [0.2, 0.25) is 0 Å². The van der Waals surface area contributed by atoms with Gasteiger partial charge in [-0.1, -0.05) is 41.0 Å². The van der Waals surface area contributed by atoms with Crippen molar-refractivity contribution in [2.45, 2.75) is 117 Å². The minimum absolute atomic E-state index is 0.0298. The predicted octanol–water partition coefficient (Wildman–Crippen LogP) is 6.97. The number of aliphatic carboxylic acids is 1. The highest BCUT2D eigenvalue weighted by molar-refractivity contribution is 6.09. The Hall–Kier alpha value is -3.69. The molecule has 6 rings (SSSR count). The normalized spacial score (nSPS) is 30.0. The van der Waals surface area contributed by atoms with Crippen molar-refractivity contribution in [1.82, 2.24) is 0 Å². The van der Waals surface area contributed by atoms with E-state index < -0.39 is 52.4 Å². The summed E-state index contributed by atoms with van der Waals surface area (Å²) in [6.45, 7) is 15.1. The van der Waals surface area contributed by atoms with E-state index in [1.165, 1.54) is 25.7 Å². The van der Waals surface area contributed by atoms with Crippen LogP contribution in [0.25, 0.3) is 0 Å². The maximum atomic E-state index is 15.0. The first-order valence-corrected chi connectivity index (χ1v) is 16.9. The summed E-state index contributed by atoms with van der Waals surface area (Å²) in [7, 11) is 1.47. The van der Waals surface area contributed by atoms with Gasteiger partial charge in [-0.05, 0) is 87.5 Å². The Kier molecular flexibility index (Phi) is 9.38. The molecule has 1 aromatic rings. The summed E-state index contributed by atoms with van der Waals surface area (Å²) in [4.78, 5) is 41.4. The van der Waals surface area contributed by atoms with E-state index in [-0.39, 0.29) is 59.0 Å². The summed E-state index contributed by atoms with van der Waals surface area (Å²) >= 11 is 0. The summed E-state index contributed by atoms with van der Waals surface area (Å²) in [6.07, 6.45) is 8.98. The molecule has 2 heterocycles. The molecule has 1 spiro atoms. The molecule has 6 atom stereocenters. The van der Waals surface area contributed by atoms with E-state index in [4.69, 9.17) is 14.2 Å². The number of phenolic OH excluding ortho intramolecular Hbond substituents is 2. The van der Waals surface area contributed by atoms with Crippen LogP contribution in [0.3, 0.4) is 0 Å². The topological polar surface area (TPSA) is 140 Å². The van der Waals surface area contributed by atoms with Crippen molar-refractivity contribution in [3.05, 3.63) is 63.3 Å². The first-order valence-electron chi connectivity index (χ1n) is 16.9. The molecule has 0 unspecified atom stereocenters. The van der Waals surface area contributed by atoms with E-state index in [1.807, 2.05) is 46.8 Å². The Morgan fingerprint density at radius 3 is 2.19 bits per heavy atom. The molecule has 0 aromatic heterocycles. The molecule has 1 aromatic carbocycles. The van der Waals surface area contributed by atoms with Crippen LogP contribution in [0, 0.1) is 17.8 Å². The molecule has 9 nitrogen and oxygen atoms in total. The van der Waals surface area contributed by atoms with Crippen LogP contribution >= 0.6 is 0 Å². The Balaban J connectivity index is 1.75. The van der Waals surface area contributed by atoms with Crippen molar-refractivity contribution in [2.75, 3.05) is 7.11 Å². The SMILES string of the molecule is CO[C@H]1[C@@H]2C[C@H]3C(C)(C)O[C@@](CC=C(C)C(=O)O)(C2=O)[C@]32Oc3c(CC=C(C)C)c(O)c(CC=C(C)CCC=C(C)C)c(O)c3C(=O)[C@H]12. The number of hydrogen-bond acceptors (Lipinski definition) is 8. The summed E-state index contributed by atoms with van der Waals surface area (Å²) in [5.41, 5.74) is -0.320. The van der Waals surface area contributed by atoms with Crippen molar-refractivity contribution in [3.63, 3.8) is 0 Å². The van der Waals surface area contributed by atoms with Gasteiger partial charge in [-0.25, -0.2) is 4.79 Å². The highest BCUT2D eigenvalue weighted by Crippen LogP contribution is 2.70. The van der Waals surface area contributed by atoms with Crippen LogP contribution in [0.4, 0.5) is 0 Å². The molecule has 1 saturated heterocycles. The predicted molar refractivity (Wildman–Crippen MR) is 182 cm³/mol. The summed E-state index contributed by atoms with van der Waals surface area (Å²) < 4.78 is 19.7. The van der Waals surface area contributed by atoms with Crippen LogP contribution < -0.4 is 4.74 Å². The minimum Gasteiger partial charge on any atom is -0.507 e. The number of hydrogen-bond donors (Lipinski definition) is 3. The number of rotatable bonds is 11. The highest BCUT2D eigenvalue weighted by Gasteiger charge is 2.85. The van der Waals surface area contributed by atoms with Gasteiger partial charge in [0.05, 0.1) is 17.6 Å². The molecule has 4 bridgehead atoms. The maximum absolute atomic E-state index is 15.0. The third kappa shape index (κ3) is 5.34. The zero-order chi connectivity index (χ0) is 35.5. The number of benzene rings is 1.